The van der Waals surface area contributed by atoms with Crippen LogP contribution in [0.15, 0.2) is 24.3 Å². The average Bonchev–Trinajstić information content (AvgIpc) is 3.14. The van der Waals surface area contributed by atoms with Gasteiger partial charge in [0.05, 0.1) is 13.2 Å². The molecule has 2 aliphatic heterocycles. The van der Waals surface area contributed by atoms with E-state index in [4.69, 9.17) is 9.47 Å². The van der Waals surface area contributed by atoms with Gasteiger partial charge >= 0.3 is 0 Å². The Morgan fingerprint density at radius 1 is 1.05 bits per heavy atom. The Kier molecular flexibility index (Phi) is 3.23. The summed E-state index contributed by atoms with van der Waals surface area (Å²) >= 11 is 0. The number of piperidine rings is 1. The number of nitrogens with zero attached hydrogens (tertiary/aromatic N) is 1. The van der Waals surface area contributed by atoms with Crippen molar-refractivity contribution in [3.63, 3.8) is 0 Å². The van der Waals surface area contributed by atoms with E-state index >= 15 is 0 Å². The third kappa shape index (κ3) is 2.36. The summed E-state index contributed by atoms with van der Waals surface area (Å²) in [5.41, 5.74) is 2.68. The highest BCUT2D eigenvalue weighted by atomic mass is 16.7. The summed E-state index contributed by atoms with van der Waals surface area (Å²) in [7, 11) is 0. The van der Waals surface area contributed by atoms with Crippen LogP contribution in [0.3, 0.4) is 0 Å². The van der Waals surface area contributed by atoms with Gasteiger partial charge in [-0.3, -0.25) is 4.79 Å². The van der Waals surface area contributed by atoms with E-state index in [1.165, 1.54) is 11.1 Å². The van der Waals surface area contributed by atoms with Gasteiger partial charge in [-0.2, -0.15) is 0 Å². The lowest BCUT2D eigenvalue weighted by atomic mass is 9.99. The van der Waals surface area contributed by atoms with E-state index in [0.717, 1.165) is 38.8 Å². The van der Waals surface area contributed by atoms with Gasteiger partial charge in [-0.1, -0.05) is 24.3 Å². The molecule has 0 saturated carbocycles. The molecular formula is C17H21NO3. The lowest BCUT2D eigenvalue weighted by molar-refractivity contribution is -0.188. The summed E-state index contributed by atoms with van der Waals surface area (Å²) in [4.78, 5) is 14.7. The van der Waals surface area contributed by atoms with Crippen LogP contribution in [0.1, 0.15) is 24.0 Å². The zero-order valence-corrected chi connectivity index (χ0v) is 12.2. The minimum Gasteiger partial charge on any atom is -0.347 e. The molecule has 1 aromatic carbocycles. The molecule has 1 aromatic rings. The molecule has 0 aromatic heterocycles. The number of carbonyl (C=O) groups excluding carboxylic acids is 1. The fourth-order valence-corrected chi connectivity index (χ4v) is 3.85. The van der Waals surface area contributed by atoms with E-state index in [-0.39, 0.29) is 5.92 Å². The maximum Gasteiger partial charge on any atom is 0.226 e. The van der Waals surface area contributed by atoms with E-state index in [1.807, 2.05) is 4.90 Å². The number of hydrogen-bond acceptors (Lipinski definition) is 3. The number of amides is 1. The van der Waals surface area contributed by atoms with Crippen molar-refractivity contribution < 1.29 is 14.3 Å². The van der Waals surface area contributed by atoms with Crippen molar-refractivity contribution in [3.05, 3.63) is 35.4 Å². The predicted molar refractivity (Wildman–Crippen MR) is 77.8 cm³/mol. The molecule has 2 heterocycles. The first kappa shape index (κ1) is 13.3. The largest absolute Gasteiger partial charge is 0.347 e. The predicted octanol–water partition coefficient (Wildman–Crippen LogP) is 1.77. The number of likely N-dealkylation sites (tertiary alicyclic amines) is 1. The van der Waals surface area contributed by atoms with Crippen LogP contribution in [-0.4, -0.2) is 42.9 Å². The standard InChI is InChI=1S/C17H21NO3/c19-16(15-11-13-3-1-2-4-14(13)12-15)18-7-5-17(6-8-18)20-9-10-21-17/h1-4,15H,5-12H2. The Morgan fingerprint density at radius 2 is 1.62 bits per heavy atom. The first-order valence-electron chi connectivity index (χ1n) is 7.89. The average molecular weight is 287 g/mol. The van der Waals surface area contributed by atoms with Crippen LogP contribution < -0.4 is 0 Å². The molecule has 21 heavy (non-hydrogen) atoms. The molecule has 4 rings (SSSR count). The highest BCUT2D eigenvalue weighted by molar-refractivity contribution is 5.80. The van der Waals surface area contributed by atoms with E-state index in [2.05, 4.69) is 24.3 Å². The molecule has 1 spiro atoms. The van der Waals surface area contributed by atoms with Crippen LogP contribution in [0.5, 0.6) is 0 Å². The smallest absolute Gasteiger partial charge is 0.226 e. The van der Waals surface area contributed by atoms with Gasteiger partial charge in [0.2, 0.25) is 5.91 Å². The summed E-state index contributed by atoms with van der Waals surface area (Å²) in [6.45, 7) is 2.88. The molecule has 4 heteroatoms. The Labute approximate surface area is 125 Å². The third-order valence-electron chi connectivity index (χ3n) is 5.05. The van der Waals surface area contributed by atoms with Crippen molar-refractivity contribution in [2.45, 2.75) is 31.5 Å². The lowest BCUT2D eigenvalue weighted by Gasteiger charge is -2.38. The van der Waals surface area contributed by atoms with Crippen molar-refractivity contribution >= 4 is 5.91 Å². The van der Waals surface area contributed by atoms with Crippen LogP contribution in [0.25, 0.3) is 0 Å². The first-order valence-corrected chi connectivity index (χ1v) is 7.89. The molecule has 0 unspecified atom stereocenters. The molecule has 1 aliphatic carbocycles. The normalized spacial score (nSPS) is 24.5. The molecule has 0 N–H and O–H groups in total. The van der Waals surface area contributed by atoms with Crippen LogP contribution >= 0.6 is 0 Å². The van der Waals surface area contributed by atoms with Crippen LogP contribution in [0, 0.1) is 5.92 Å². The van der Waals surface area contributed by atoms with E-state index < -0.39 is 5.79 Å². The lowest BCUT2D eigenvalue weighted by Crippen LogP contribution is -2.49. The topological polar surface area (TPSA) is 38.8 Å². The minimum atomic E-state index is -0.393. The Bertz CT molecular complexity index is 516. The van der Waals surface area contributed by atoms with Gasteiger partial charge in [-0.25, -0.2) is 0 Å². The fourth-order valence-electron chi connectivity index (χ4n) is 3.85. The van der Waals surface area contributed by atoms with Crippen molar-refractivity contribution in [2.75, 3.05) is 26.3 Å². The van der Waals surface area contributed by atoms with Crippen molar-refractivity contribution in [1.29, 1.82) is 0 Å². The van der Waals surface area contributed by atoms with Crippen molar-refractivity contribution in [3.8, 4) is 0 Å². The van der Waals surface area contributed by atoms with Crippen molar-refractivity contribution in [1.82, 2.24) is 4.90 Å². The minimum absolute atomic E-state index is 0.127. The summed E-state index contributed by atoms with van der Waals surface area (Å²) in [6, 6.07) is 8.41. The number of fused-ring (bicyclic) bond motifs is 1. The van der Waals surface area contributed by atoms with Gasteiger partial charge in [0.15, 0.2) is 5.79 Å². The maximum atomic E-state index is 12.7. The van der Waals surface area contributed by atoms with Gasteiger partial charge in [-0.15, -0.1) is 0 Å². The number of rotatable bonds is 1. The molecule has 1 amide bonds. The van der Waals surface area contributed by atoms with Gasteiger partial charge in [-0.05, 0) is 24.0 Å². The summed E-state index contributed by atoms with van der Waals surface area (Å²) in [6.07, 6.45) is 3.39. The molecular weight excluding hydrogens is 266 g/mol. The summed E-state index contributed by atoms with van der Waals surface area (Å²) in [5.74, 6) is 0.0380. The highest BCUT2D eigenvalue weighted by Crippen LogP contribution is 2.33. The summed E-state index contributed by atoms with van der Waals surface area (Å²) in [5, 5.41) is 0. The molecule has 0 bridgehead atoms. The zero-order valence-electron chi connectivity index (χ0n) is 12.2. The first-order chi connectivity index (χ1) is 10.3. The van der Waals surface area contributed by atoms with Crippen LogP contribution in [0.4, 0.5) is 0 Å². The second kappa shape index (κ2) is 5.11. The second-order valence-electron chi connectivity index (χ2n) is 6.31. The van der Waals surface area contributed by atoms with Gasteiger partial charge in [0.1, 0.15) is 0 Å². The highest BCUT2D eigenvalue weighted by Gasteiger charge is 2.42. The molecule has 0 atom stereocenters. The zero-order chi connectivity index (χ0) is 14.3. The van der Waals surface area contributed by atoms with Crippen molar-refractivity contribution in [2.24, 2.45) is 5.92 Å². The maximum absolute atomic E-state index is 12.7. The molecule has 4 nitrogen and oxygen atoms in total. The van der Waals surface area contributed by atoms with E-state index in [1.54, 1.807) is 0 Å². The van der Waals surface area contributed by atoms with Gasteiger partial charge < -0.3 is 14.4 Å². The van der Waals surface area contributed by atoms with Crippen LogP contribution in [0.2, 0.25) is 0 Å². The van der Waals surface area contributed by atoms with Gasteiger partial charge in [0.25, 0.3) is 0 Å². The van der Waals surface area contributed by atoms with Gasteiger partial charge in [0, 0.05) is 31.8 Å². The number of hydrogen-bond donors (Lipinski definition) is 0. The Balaban J connectivity index is 1.39. The molecule has 112 valence electrons. The molecule has 2 saturated heterocycles. The quantitative estimate of drug-likeness (QED) is 0.790. The monoisotopic (exact) mass is 287 g/mol. The van der Waals surface area contributed by atoms with E-state index in [9.17, 15) is 4.79 Å². The Morgan fingerprint density at radius 3 is 2.19 bits per heavy atom. The fraction of sp³-hybridized carbons (Fsp3) is 0.588. The molecule has 3 aliphatic rings. The Hall–Kier alpha value is -1.39. The molecule has 2 fully saturated rings. The summed E-state index contributed by atoms with van der Waals surface area (Å²) < 4.78 is 11.5. The van der Waals surface area contributed by atoms with Crippen LogP contribution in [-0.2, 0) is 27.1 Å². The molecule has 0 radical (unpaired) electrons. The SMILES string of the molecule is O=C(C1Cc2ccccc2C1)N1CCC2(CC1)OCCO2. The third-order valence-corrected chi connectivity index (χ3v) is 5.05. The number of carbonyl (C=O) groups is 1. The number of ether oxygens (including phenoxy) is 2. The number of benzene rings is 1. The second-order valence-corrected chi connectivity index (χ2v) is 6.31. The van der Waals surface area contributed by atoms with E-state index in [0.29, 0.717) is 19.1 Å².